The van der Waals surface area contributed by atoms with E-state index in [1.807, 2.05) is 13.1 Å². The topological polar surface area (TPSA) is 90.4 Å². The smallest absolute Gasteiger partial charge is 0.244 e. The second-order valence-corrected chi connectivity index (χ2v) is 6.88. The van der Waals surface area contributed by atoms with Crippen LogP contribution < -0.4 is 10.5 Å². The van der Waals surface area contributed by atoms with Crippen molar-refractivity contribution >= 4 is 11.8 Å². The molecule has 0 radical (unpaired) electrons. The summed E-state index contributed by atoms with van der Waals surface area (Å²) < 4.78 is 20.6. The number of carbonyl (C=O) groups is 2. The van der Waals surface area contributed by atoms with Crippen molar-refractivity contribution < 1.29 is 18.7 Å². The fraction of sp³-hybridized carbons (Fsp3) is 0.421. The van der Waals surface area contributed by atoms with Gasteiger partial charge in [-0.3, -0.25) is 14.3 Å². The van der Waals surface area contributed by atoms with E-state index < -0.39 is 5.91 Å². The van der Waals surface area contributed by atoms with Crippen molar-refractivity contribution in [2.45, 2.75) is 32.4 Å². The van der Waals surface area contributed by atoms with Gasteiger partial charge < -0.3 is 15.4 Å². The van der Waals surface area contributed by atoms with Gasteiger partial charge in [0.05, 0.1) is 6.20 Å². The Morgan fingerprint density at radius 3 is 2.70 bits per heavy atom. The predicted molar refractivity (Wildman–Crippen MR) is 96.3 cm³/mol. The highest BCUT2D eigenvalue weighted by Gasteiger charge is 2.34. The molecule has 2 heterocycles. The number of hydrogen-bond donors (Lipinski definition) is 1. The van der Waals surface area contributed by atoms with Gasteiger partial charge in [-0.1, -0.05) is 0 Å². The molecule has 2 N–H and O–H groups in total. The number of hydrogen-bond acceptors (Lipinski definition) is 4. The molecule has 0 aliphatic carbocycles. The number of nitrogens with two attached hydrogens (primary N) is 1. The molecule has 8 heteroatoms. The zero-order chi connectivity index (χ0) is 19.4. The number of ether oxygens (including phenoxy) is 1. The van der Waals surface area contributed by atoms with Crippen molar-refractivity contribution in [3.63, 3.8) is 0 Å². The molecule has 0 saturated carbocycles. The highest BCUT2D eigenvalue weighted by Crippen LogP contribution is 2.26. The molecule has 1 aliphatic heterocycles. The summed E-state index contributed by atoms with van der Waals surface area (Å²) >= 11 is 0. The fourth-order valence-electron chi connectivity index (χ4n) is 3.33. The molecular weight excluding hydrogens is 351 g/mol. The Balaban J connectivity index is 1.65. The Morgan fingerprint density at radius 2 is 2.07 bits per heavy atom. The summed E-state index contributed by atoms with van der Waals surface area (Å²) in [5.74, 6) is -0.532. The van der Waals surface area contributed by atoms with Crippen LogP contribution in [-0.4, -0.2) is 45.7 Å². The van der Waals surface area contributed by atoms with Gasteiger partial charge in [0.25, 0.3) is 0 Å². The highest BCUT2D eigenvalue weighted by atomic mass is 19.1. The lowest BCUT2D eigenvalue weighted by Crippen LogP contribution is -2.49. The summed E-state index contributed by atoms with van der Waals surface area (Å²) in [6.07, 6.45) is 3.93. The summed E-state index contributed by atoms with van der Waals surface area (Å²) in [4.78, 5) is 25.8. The van der Waals surface area contributed by atoms with Crippen LogP contribution >= 0.6 is 0 Å². The average molecular weight is 374 g/mol. The van der Waals surface area contributed by atoms with E-state index in [0.29, 0.717) is 25.3 Å². The number of primary amides is 1. The largest absolute Gasteiger partial charge is 0.490 e. The van der Waals surface area contributed by atoms with Crippen molar-refractivity contribution in [2.75, 3.05) is 13.1 Å². The van der Waals surface area contributed by atoms with E-state index in [4.69, 9.17) is 10.5 Å². The Labute approximate surface area is 156 Å². The second-order valence-electron chi connectivity index (χ2n) is 6.88. The predicted octanol–water partition coefficient (Wildman–Crippen LogP) is 1.50. The number of likely N-dealkylation sites (tertiary alicyclic amines) is 1. The van der Waals surface area contributed by atoms with Crippen molar-refractivity contribution in [1.82, 2.24) is 14.7 Å². The first-order chi connectivity index (χ1) is 12.9. The maximum atomic E-state index is 13.1. The van der Waals surface area contributed by atoms with E-state index in [-0.39, 0.29) is 36.7 Å². The number of halogens is 1. The van der Waals surface area contributed by atoms with Crippen molar-refractivity contribution in [2.24, 2.45) is 11.7 Å². The molecule has 144 valence electrons. The van der Waals surface area contributed by atoms with Crippen LogP contribution in [0.3, 0.4) is 0 Å². The van der Waals surface area contributed by atoms with Gasteiger partial charge in [0.2, 0.25) is 11.8 Å². The third kappa shape index (κ3) is 5.06. The fourth-order valence-corrected chi connectivity index (χ4v) is 3.33. The quantitative estimate of drug-likeness (QED) is 0.830. The molecular formula is C19H23FN4O3. The Kier molecular flexibility index (Phi) is 5.73. The first-order valence-electron chi connectivity index (χ1n) is 8.88. The minimum atomic E-state index is -0.440. The van der Waals surface area contributed by atoms with E-state index in [2.05, 4.69) is 5.10 Å². The number of rotatable bonds is 6. The number of piperidine rings is 1. The molecule has 2 amide bonds. The molecule has 0 spiro atoms. The van der Waals surface area contributed by atoms with Crippen LogP contribution in [0.1, 0.15) is 18.4 Å². The number of nitrogens with zero attached hydrogens (tertiary/aromatic N) is 3. The van der Waals surface area contributed by atoms with Gasteiger partial charge in [0.15, 0.2) is 0 Å². The van der Waals surface area contributed by atoms with Crippen molar-refractivity contribution in [3.05, 3.63) is 48.0 Å². The standard InChI is InChI=1S/C19H23FN4O3/c1-13-9-22-24(10-13)12-19(26)23-7-6-17(14(11-23)8-18(21)25)27-16-4-2-15(20)3-5-16/h2-5,9-10,14,17H,6-8,11-12H2,1H3,(H2,21,25)/t14-,17-/m0/s1. The molecule has 3 rings (SSSR count). The molecule has 1 aromatic carbocycles. The van der Waals surface area contributed by atoms with Crippen LogP contribution in [0.15, 0.2) is 36.7 Å². The lowest BCUT2D eigenvalue weighted by Gasteiger charge is -2.38. The van der Waals surface area contributed by atoms with Crippen LogP contribution in [0.5, 0.6) is 5.75 Å². The summed E-state index contributed by atoms with van der Waals surface area (Å²) in [5, 5.41) is 4.14. The Hall–Kier alpha value is -2.90. The molecule has 2 aromatic rings. The van der Waals surface area contributed by atoms with E-state index in [0.717, 1.165) is 5.56 Å². The van der Waals surface area contributed by atoms with Gasteiger partial charge in [-0.25, -0.2) is 4.39 Å². The maximum Gasteiger partial charge on any atom is 0.244 e. The third-order valence-corrected chi connectivity index (χ3v) is 4.64. The Bertz CT molecular complexity index is 806. The number of aromatic nitrogens is 2. The molecule has 0 bridgehead atoms. The number of carbonyl (C=O) groups excluding carboxylic acids is 2. The van der Waals surface area contributed by atoms with Crippen LogP contribution in [0.25, 0.3) is 0 Å². The Morgan fingerprint density at radius 1 is 1.33 bits per heavy atom. The normalized spacial score (nSPS) is 19.7. The second kappa shape index (κ2) is 8.20. The minimum Gasteiger partial charge on any atom is -0.490 e. The van der Waals surface area contributed by atoms with Gasteiger partial charge in [0.1, 0.15) is 24.2 Å². The van der Waals surface area contributed by atoms with Gasteiger partial charge in [-0.15, -0.1) is 0 Å². The lowest BCUT2D eigenvalue weighted by atomic mass is 9.91. The van der Waals surface area contributed by atoms with E-state index in [1.54, 1.807) is 27.9 Å². The van der Waals surface area contributed by atoms with E-state index in [9.17, 15) is 14.0 Å². The first-order valence-corrected chi connectivity index (χ1v) is 8.88. The summed E-state index contributed by atoms with van der Waals surface area (Å²) in [7, 11) is 0. The van der Waals surface area contributed by atoms with Crippen molar-refractivity contribution in [1.29, 1.82) is 0 Å². The number of benzene rings is 1. The number of aryl methyl sites for hydroxylation is 1. The molecule has 27 heavy (non-hydrogen) atoms. The monoisotopic (exact) mass is 374 g/mol. The molecule has 1 saturated heterocycles. The van der Waals surface area contributed by atoms with Crippen molar-refractivity contribution in [3.8, 4) is 5.75 Å². The van der Waals surface area contributed by atoms with Crippen LogP contribution in [0.4, 0.5) is 4.39 Å². The first kappa shape index (κ1) is 18.9. The van der Waals surface area contributed by atoms with Gasteiger partial charge in [0, 0.05) is 38.0 Å². The maximum absolute atomic E-state index is 13.1. The lowest BCUT2D eigenvalue weighted by molar-refractivity contribution is -0.136. The molecule has 1 fully saturated rings. The molecule has 0 unspecified atom stereocenters. The minimum absolute atomic E-state index is 0.0622. The van der Waals surface area contributed by atoms with E-state index in [1.165, 1.54) is 12.1 Å². The van der Waals surface area contributed by atoms with E-state index >= 15 is 0 Å². The van der Waals surface area contributed by atoms with Gasteiger partial charge in [-0.05, 0) is 36.8 Å². The number of amides is 2. The average Bonchev–Trinajstić information content (AvgIpc) is 3.02. The van der Waals surface area contributed by atoms with Crippen LogP contribution in [-0.2, 0) is 16.1 Å². The van der Waals surface area contributed by atoms with Gasteiger partial charge >= 0.3 is 0 Å². The van der Waals surface area contributed by atoms with Crippen LogP contribution in [0.2, 0.25) is 0 Å². The highest BCUT2D eigenvalue weighted by molar-refractivity contribution is 5.77. The summed E-state index contributed by atoms with van der Waals surface area (Å²) in [6, 6.07) is 5.74. The summed E-state index contributed by atoms with van der Waals surface area (Å²) in [5.41, 5.74) is 6.37. The van der Waals surface area contributed by atoms with Gasteiger partial charge in [-0.2, -0.15) is 5.10 Å². The molecule has 1 aromatic heterocycles. The molecule has 1 aliphatic rings. The van der Waals surface area contributed by atoms with Crippen LogP contribution in [0, 0.1) is 18.7 Å². The third-order valence-electron chi connectivity index (χ3n) is 4.64. The molecule has 2 atom stereocenters. The zero-order valence-corrected chi connectivity index (χ0v) is 15.2. The zero-order valence-electron chi connectivity index (χ0n) is 15.2. The SMILES string of the molecule is Cc1cnn(CC(=O)N2CC[C@H](Oc3ccc(F)cc3)[C@@H](CC(N)=O)C2)c1. The summed E-state index contributed by atoms with van der Waals surface area (Å²) in [6.45, 7) is 2.96. The molecule has 7 nitrogen and oxygen atoms in total.